The highest BCUT2D eigenvalue weighted by Gasteiger charge is 2.23. The van der Waals surface area contributed by atoms with Crippen LogP contribution in [0.5, 0.6) is 0 Å². The first-order valence-electron chi connectivity index (χ1n) is 10.2. The fraction of sp³-hybridized carbons (Fsp3) is 0.160. The number of benzene rings is 3. The van der Waals surface area contributed by atoms with Crippen LogP contribution in [-0.4, -0.2) is 18.9 Å². The molecular formula is C25H23ClN2O3S. The quantitative estimate of drug-likeness (QED) is 0.406. The van der Waals surface area contributed by atoms with Gasteiger partial charge in [-0.15, -0.1) is 0 Å². The lowest BCUT2D eigenvalue weighted by molar-refractivity contribution is -0.116. The second-order valence-electron chi connectivity index (χ2n) is 7.84. The standard InChI is InChI=1S/C25H23ClN2O3S/c1-17-11-12-20(13-18(17)2)27-25(29)15-28-14-24(21-8-4-6-10-23(21)28)32(30,31)16-19-7-3-5-9-22(19)26/h3-14H,15-16H2,1-2H3,(H,27,29). The molecule has 0 aliphatic carbocycles. The minimum absolute atomic E-state index is 0.00491. The molecule has 0 unspecified atom stereocenters. The van der Waals surface area contributed by atoms with Crippen molar-refractivity contribution >= 4 is 43.9 Å². The number of para-hydroxylation sites is 1. The Morgan fingerprint density at radius 2 is 1.69 bits per heavy atom. The van der Waals surface area contributed by atoms with Crippen molar-refractivity contribution in [1.82, 2.24) is 4.57 Å². The Kier molecular flexibility index (Phi) is 6.09. The van der Waals surface area contributed by atoms with Crippen molar-refractivity contribution in [3.8, 4) is 0 Å². The summed E-state index contributed by atoms with van der Waals surface area (Å²) in [7, 11) is -3.68. The molecule has 0 saturated carbocycles. The lowest BCUT2D eigenvalue weighted by atomic mass is 10.1. The number of carbonyl (C=O) groups is 1. The van der Waals surface area contributed by atoms with Crippen LogP contribution in [0.3, 0.4) is 0 Å². The van der Waals surface area contributed by atoms with Gasteiger partial charge >= 0.3 is 0 Å². The smallest absolute Gasteiger partial charge is 0.244 e. The number of aryl methyl sites for hydroxylation is 2. The van der Waals surface area contributed by atoms with Crippen molar-refractivity contribution in [3.63, 3.8) is 0 Å². The molecule has 0 aliphatic rings. The van der Waals surface area contributed by atoms with Crippen LogP contribution in [0.15, 0.2) is 77.8 Å². The number of hydrogen-bond donors (Lipinski definition) is 1. The molecule has 1 aromatic heterocycles. The first kappa shape index (κ1) is 22.1. The normalized spacial score (nSPS) is 11.6. The summed E-state index contributed by atoms with van der Waals surface area (Å²) < 4.78 is 28.2. The number of sulfone groups is 1. The molecule has 4 aromatic rings. The van der Waals surface area contributed by atoms with Gasteiger partial charge in [-0.2, -0.15) is 0 Å². The third kappa shape index (κ3) is 4.56. The van der Waals surface area contributed by atoms with Crippen molar-refractivity contribution in [1.29, 1.82) is 0 Å². The predicted molar refractivity (Wildman–Crippen MR) is 129 cm³/mol. The molecule has 0 radical (unpaired) electrons. The summed E-state index contributed by atoms with van der Waals surface area (Å²) >= 11 is 6.19. The molecule has 0 saturated heterocycles. The Morgan fingerprint density at radius 3 is 2.44 bits per heavy atom. The average molecular weight is 467 g/mol. The largest absolute Gasteiger partial charge is 0.337 e. The van der Waals surface area contributed by atoms with Gasteiger partial charge in [-0.25, -0.2) is 8.42 Å². The molecule has 1 amide bonds. The van der Waals surface area contributed by atoms with E-state index in [1.165, 1.54) is 6.20 Å². The van der Waals surface area contributed by atoms with Crippen molar-refractivity contribution < 1.29 is 13.2 Å². The summed E-state index contributed by atoms with van der Waals surface area (Å²) in [5, 5.41) is 3.88. The summed E-state index contributed by atoms with van der Waals surface area (Å²) in [5.41, 5.74) is 4.16. The molecule has 1 heterocycles. The van der Waals surface area contributed by atoms with E-state index in [1.54, 1.807) is 41.0 Å². The number of aromatic nitrogens is 1. The Hall–Kier alpha value is -3.09. The van der Waals surface area contributed by atoms with Gasteiger partial charge in [-0.05, 0) is 54.8 Å². The van der Waals surface area contributed by atoms with Crippen LogP contribution in [0.1, 0.15) is 16.7 Å². The van der Waals surface area contributed by atoms with E-state index >= 15 is 0 Å². The zero-order valence-electron chi connectivity index (χ0n) is 17.8. The van der Waals surface area contributed by atoms with Crippen LogP contribution in [0.25, 0.3) is 10.9 Å². The summed E-state index contributed by atoms with van der Waals surface area (Å²) in [4.78, 5) is 12.9. The molecule has 5 nitrogen and oxygen atoms in total. The fourth-order valence-corrected chi connectivity index (χ4v) is 5.56. The Labute approximate surface area is 192 Å². The maximum atomic E-state index is 13.3. The number of nitrogens with zero attached hydrogens (tertiary/aromatic N) is 1. The fourth-order valence-electron chi connectivity index (χ4n) is 3.66. The number of nitrogens with one attached hydrogen (secondary N) is 1. The second-order valence-corrected chi connectivity index (χ2v) is 10.2. The Bertz CT molecular complexity index is 1420. The van der Waals surface area contributed by atoms with Gasteiger partial charge in [-0.1, -0.05) is 54.1 Å². The zero-order valence-corrected chi connectivity index (χ0v) is 19.4. The highest BCUT2D eigenvalue weighted by atomic mass is 35.5. The number of fused-ring (bicyclic) bond motifs is 1. The van der Waals surface area contributed by atoms with Crippen molar-refractivity contribution in [2.75, 3.05) is 5.32 Å². The Balaban J connectivity index is 1.64. The molecule has 32 heavy (non-hydrogen) atoms. The van der Waals surface area contributed by atoms with Gasteiger partial charge in [-0.3, -0.25) is 4.79 Å². The topological polar surface area (TPSA) is 68.2 Å². The van der Waals surface area contributed by atoms with Gasteiger partial charge in [0.2, 0.25) is 5.91 Å². The third-order valence-electron chi connectivity index (χ3n) is 5.50. The van der Waals surface area contributed by atoms with Crippen molar-refractivity contribution in [3.05, 3.63) is 94.6 Å². The summed E-state index contributed by atoms with van der Waals surface area (Å²) in [6.07, 6.45) is 1.54. The van der Waals surface area contributed by atoms with E-state index in [1.807, 2.05) is 44.2 Å². The maximum absolute atomic E-state index is 13.3. The van der Waals surface area contributed by atoms with Gasteiger partial charge < -0.3 is 9.88 Å². The molecule has 0 spiro atoms. The molecule has 7 heteroatoms. The predicted octanol–water partition coefficient (Wildman–Crippen LogP) is 5.52. The van der Waals surface area contributed by atoms with Crippen LogP contribution >= 0.6 is 11.6 Å². The summed E-state index contributed by atoms with van der Waals surface area (Å²) in [6, 6.07) is 19.8. The van der Waals surface area contributed by atoms with Crippen LogP contribution in [0.4, 0.5) is 5.69 Å². The minimum Gasteiger partial charge on any atom is -0.337 e. The van der Waals surface area contributed by atoms with E-state index in [2.05, 4.69) is 5.32 Å². The van der Waals surface area contributed by atoms with E-state index in [4.69, 9.17) is 11.6 Å². The highest BCUT2D eigenvalue weighted by Crippen LogP contribution is 2.29. The molecule has 164 valence electrons. The average Bonchev–Trinajstić information content (AvgIpc) is 3.12. The Morgan fingerprint density at radius 1 is 0.969 bits per heavy atom. The van der Waals surface area contributed by atoms with Crippen LogP contribution in [0, 0.1) is 13.8 Å². The van der Waals surface area contributed by atoms with Gasteiger partial charge in [0.1, 0.15) is 6.54 Å². The minimum atomic E-state index is -3.68. The molecule has 1 N–H and O–H groups in total. The van der Waals surface area contributed by atoms with E-state index in [-0.39, 0.29) is 23.1 Å². The zero-order chi connectivity index (χ0) is 22.9. The van der Waals surface area contributed by atoms with Crippen molar-refractivity contribution in [2.24, 2.45) is 0 Å². The molecule has 0 fully saturated rings. The SMILES string of the molecule is Cc1ccc(NC(=O)Cn2cc(S(=O)(=O)Cc3ccccc3Cl)c3ccccc32)cc1C. The van der Waals surface area contributed by atoms with E-state index < -0.39 is 9.84 Å². The number of amides is 1. The van der Waals surface area contributed by atoms with Gasteiger partial charge in [0.25, 0.3) is 0 Å². The lowest BCUT2D eigenvalue weighted by Gasteiger charge is -2.09. The molecule has 4 rings (SSSR count). The van der Waals surface area contributed by atoms with Crippen LogP contribution < -0.4 is 5.32 Å². The number of halogens is 1. The molecule has 0 atom stereocenters. The molecular weight excluding hydrogens is 444 g/mol. The van der Waals surface area contributed by atoms with Crippen LogP contribution in [-0.2, 0) is 26.9 Å². The third-order valence-corrected chi connectivity index (χ3v) is 7.55. The highest BCUT2D eigenvalue weighted by molar-refractivity contribution is 7.90. The van der Waals surface area contributed by atoms with Gasteiger partial charge in [0.15, 0.2) is 9.84 Å². The summed E-state index contributed by atoms with van der Waals surface area (Å²) in [5.74, 6) is -0.445. The first-order valence-corrected chi connectivity index (χ1v) is 12.2. The number of carbonyl (C=O) groups excluding carboxylic acids is 1. The maximum Gasteiger partial charge on any atom is 0.244 e. The lowest BCUT2D eigenvalue weighted by Crippen LogP contribution is -2.18. The monoisotopic (exact) mass is 466 g/mol. The number of hydrogen-bond acceptors (Lipinski definition) is 3. The van der Waals surface area contributed by atoms with Crippen LogP contribution in [0.2, 0.25) is 5.02 Å². The van der Waals surface area contributed by atoms with Gasteiger partial charge in [0, 0.05) is 27.8 Å². The first-order chi connectivity index (χ1) is 15.2. The molecule has 0 bridgehead atoms. The van der Waals surface area contributed by atoms with E-state index in [9.17, 15) is 13.2 Å². The van der Waals surface area contributed by atoms with Gasteiger partial charge in [0.05, 0.1) is 10.6 Å². The second kappa shape index (κ2) is 8.81. The summed E-state index contributed by atoms with van der Waals surface area (Å²) in [6.45, 7) is 3.99. The van der Waals surface area contributed by atoms with Crippen molar-refractivity contribution in [2.45, 2.75) is 31.0 Å². The molecule has 3 aromatic carbocycles. The molecule has 0 aliphatic heterocycles. The number of rotatable bonds is 6. The van der Waals surface area contributed by atoms with E-state index in [0.29, 0.717) is 27.2 Å². The van der Waals surface area contributed by atoms with E-state index in [0.717, 1.165) is 11.1 Å². The number of anilines is 1.